The second-order valence-electron chi connectivity index (χ2n) is 6.53. The van der Waals surface area contributed by atoms with Crippen LogP contribution < -0.4 is 5.32 Å². The molecule has 0 aromatic heterocycles. The average Bonchev–Trinajstić information content (AvgIpc) is 2.87. The predicted octanol–water partition coefficient (Wildman–Crippen LogP) is 1.29. The molecule has 0 aromatic rings. The van der Waals surface area contributed by atoms with Crippen molar-refractivity contribution in [1.82, 2.24) is 15.1 Å². The number of nitriles is 1. The van der Waals surface area contributed by atoms with Gasteiger partial charge in [0.05, 0.1) is 6.07 Å². The lowest BCUT2D eigenvalue weighted by Gasteiger charge is -2.34. The van der Waals surface area contributed by atoms with Crippen LogP contribution in [0, 0.1) is 17.2 Å². The highest BCUT2D eigenvalue weighted by Crippen LogP contribution is 2.32. The highest BCUT2D eigenvalue weighted by molar-refractivity contribution is 5.12. The molecule has 1 saturated carbocycles. The van der Waals surface area contributed by atoms with E-state index in [1.54, 1.807) is 0 Å². The van der Waals surface area contributed by atoms with Crippen molar-refractivity contribution in [2.45, 2.75) is 43.7 Å². The van der Waals surface area contributed by atoms with Crippen LogP contribution in [-0.2, 0) is 0 Å². The summed E-state index contributed by atoms with van der Waals surface area (Å²) in [7, 11) is 6.37. The lowest BCUT2D eigenvalue weighted by Crippen LogP contribution is -2.43. The van der Waals surface area contributed by atoms with Crippen LogP contribution in [0.2, 0.25) is 0 Å². The topological polar surface area (TPSA) is 42.3 Å². The van der Waals surface area contributed by atoms with E-state index in [2.05, 4.69) is 35.3 Å². The van der Waals surface area contributed by atoms with Crippen LogP contribution in [0.25, 0.3) is 0 Å². The Morgan fingerprint density at radius 2 is 2.05 bits per heavy atom. The Morgan fingerprint density at radius 1 is 1.37 bits per heavy atom. The third-order valence-corrected chi connectivity index (χ3v) is 5.19. The standard InChI is InChI=1S/C15H28N4/c1-17-15(12-16)7-4-14(10-15)19(3)11-13-5-8-18(2)9-6-13/h13-14,17H,4-11H2,1-3H3. The fourth-order valence-electron chi connectivity index (χ4n) is 3.58. The number of hydrogen-bond donors (Lipinski definition) is 1. The zero-order valence-electron chi connectivity index (χ0n) is 12.7. The molecule has 0 bridgehead atoms. The van der Waals surface area contributed by atoms with Crippen molar-refractivity contribution in [1.29, 1.82) is 5.26 Å². The molecule has 19 heavy (non-hydrogen) atoms. The first-order chi connectivity index (χ1) is 9.08. The summed E-state index contributed by atoms with van der Waals surface area (Å²) in [4.78, 5) is 4.93. The fourth-order valence-corrected chi connectivity index (χ4v) is 3.58. The Labute approximate surface area is 117 Å². The van der Waals surface area contributed by atoms with E-state index >= 15 is 0 Å². The van der Waals surface area contributed by atoms with Gasteiger partial charge in [-0.25, -0.2) is 0 Å². The normalized spacial score (nSPS) is 33.7. The number of nitrogens with zero attached hydrogens (tertiary/aromatic N) is 3. The lowest BCUT2D eigenvalue weighted by atomic mass is 9.95. The summed E-state index contributed by atoms with van der Waals surface area (Å²) in [6, 6.07) is 3.05. The van der Waals surface area contributed by atoms with Crippen LogP contribution in [0.3, 0.4) is 0 Å². The molecular formula is C15H28N4. The summed E-state index contributed by atoms with van der Waals surface area (Å²) < 4.78 is 0. The molecule has 1 aliphatic carbocycles. The van der Waals surface area contributed by atoms with Gasteiger partial charge in [-0.3, -0.25) is 0 Å². The van der Waals surface area contributed by atoms with Gasteiger partial charge >= 0.3 is 0 Å². The largest absolute Gasteiger partial charge is 0.306 e. The molecule has 0 aromatic carbocycles. The molecule has 2 atom stereocenters. The molecule has 0 radical (unpaired) electrons. The minimum Gasteiger partial charge on any atom is -0.306 e. The third-order valence-electron chi connectivity index (χ3n) is 5.19. The van der Waals surface area contributed by atoms with Crippen LogP contribution in [0.5, 0.6) is 0 Å². The van der Waals surface area contributed by atoms with Gasteiger partial charge in [-0.1, -0.05) is 0 Å². The number of hydrogen-bond acceptors (Lipinski definition) is 4. The number of nitrogens with one attached hydrogen (secondary N) is 1. The molecule has 2 fully saturated rings. The van der Waals surface area contributed by atoms with Gasteiger partial charge in [0.1, 0.15) is 5.54 Å². The molecule has 2 rings (SSSR count). The molecular weight excluding hydrogens is 236 g/mol. The van der Waals surface area contributed by atoms with E-state index in [0.717, 1.165) is 25.2 Å². The molecule has 2 aliphatic rings. The molecule has 2 unspecified atom stereocenters. The smallest absolute Gasteiger partial charge is 0.108 e. The van der Waals surface area contributed by atoms with E-state index in [9.17, 15) is 5.26 Å². The highest BCUT2D eigenvalue weighted by atomic mass is 15.2. The first-order valence-corrected chi connectivity index (χ1v) is 7.57. The van der Waals surface area contributed by atoms with Gasteiger partial charge in [0, 0.05) is 12.6 Å². The Balaban J connectivity index is 1.81. The maximum Gasteiger partial charge on any atom is 0.108 e. The molecule has 1 heterocycles. The summed E-state index contributed by atoms with van der Waals surface area (Å²) in [6.07, 6.45) is 5.76. The molecule has 1 saturated heterocycles. The average molecular weight is 264 g/mol. The number of likely N-dealkylation sites (tertiary alicyclic amines) is 1. The first-order valence-electron chi connectivity index (χ1n) is 7.57. The van der Waals surface area contributed by atoms with Crippen molar-refractivity contribution in [2.24, 2.45) is 5.92 Å². The maximum atomic E-state index is 9.33. The molecule has 1 aliphatic heterocycles. The van der Waals surface area contributed by atoms with Gasteiger partial charge in [-0.2, -0.15) is 5.26 Å². The van der Waals surface area contributed by atoms with Crippen LogP contribution in [0.15, 0.2) is 0 Å². The summed E-state index contributed by atoms with van der Waals surface area (Å²) in [5.41, 5.74) is -0.272. The van der Waals surface area contributed by atoms with Crippen LogP contribution in [0.1, 0.15) is 32.1 Å². The summed E-state index contributed by atoms with van der Waals surface area (Å²) in [6.45, 7) is 3.67. The van der Waals surface area contributed by atoms with Crippen molar-refractivity contribution >= 4 is 0 Å². The van der Waals surface area contributed by atoms with E-state index in [0.29, 0.717) is 6.04 Å². The quantitative estimate of drug-likeness (QED) is 0.831. The second kappa shape index (κ2) is 6.21. The molecule has 1 N–H and O–H groups in total. The van der Waals surface area contributed by atoms with E-state index in [1.807, 2.05) is 7.05 Å². The minimum atomic E-state index is -0.272. The first kappa shape index (κ1) is 14.8. The summed E-state index contributed by atoms with van der Waals surface area (Å²) in [5, 5.41) is 12.6. The molecule has 0 spiro atoms. The SMILES string of the molecule is CNC1(C#N)CCC(N(C)CC2CCN(C)CC2)C1. The fraction of sp³-hybridized carbons (Fsp3) is 0.933. The van der Waals surface area contributed by atoms with Crippen LogP contribution in [-0.4, -0.2) is 62.2 Å². The molecule has 0 amide bonds. The minimum absolute atomic E-state index is 0.272. The zero-order chi connectivity index (χ0) is 13.9. The van der Waals surface area contributed by atoms with E-state index < -0.39 is 0 Å². The maximum absolute atomic E-state index is 9.33. The van der Waals surface area contributed by atoms with Gasteiger partial charge in [-0.15, -0.1) is 0 Å². The van der Waals surface area contributed by atoms with Crippen LogP contribution >= 0.6 is 0 Å². The monoisotopic (exact) mass is 264 g/mol. The molecule has 108 valence electrons. The van der Waals surface area contributed by atoms with Crippen molar-refractivity contribution in [3.8, 4) is 6.07 Å². The predicted molar refractivity (Wildman–Crippen MR) is 77.9 cm³/mol. The number of piperidine rings is 1. The van der Waals surface area contributed by atoms with Crippen molar-refractivity contribution in [3.63, 3.8) is 0 Å². The Morgan fingerprint density at radius 3 is 2.58 bits per heavy atom. The molecule has 4 heteroatoms. The van der Waals surface area contributed by atoms with Gasteiger partial charge in [0.15, 0.2) is 0 Å². The third kappa shape index (κ3) is 3.47. The highest BCUT2D eigenvalue weighted by Gasteiger charge is 2.39. The lowest BCUT2D eigenvalue weighted by molar-refractivity contribution is 0.148. The van der Waals surface area contributed by atoms with Gasteiger partial charge in [0.25, 0.3) is 0 Å². The summed E-state index contributed by atoms with van der Waals surface area (Å²) in [5.74, 6) is 0.841. The Bertz CT molecular complexity index is 330. The van der Waals surface area contributed by atoms with E-state index in [4.69, 9.17) is 0 Å². The Kier molecular flexibility index (Phi) is 4.83. The van der Waals surface area contributed by atoms with Crippen molar-refractivity contribution < 1.29 is 0 Å². The van der Waals surface area contributed by atoms with Crippen LogP contribution in [0.4, 0.5) is 0 Å². The van der Waals surface area contributed by atoms with E-state index in [1.165, 1.54) is 32.5 Å². The Hall–Kier alpha value is -0.630. The van der Waals surface area contributed by atoms with E-state index in [-0.39, 0.29) is 5.54 Å². The zero-order valence-corrected chi connectivity index (χ0v) is 12.7. The second-order valence-corrected chi connectivity index (χ2v) is 6.53. The summed E-state index contributed by atoms with van der Waals surface area (Å²) >= 11 is 0. The van der Waals surface area contributed by atoms with Gasteiger partial charge in [0.2, 0.25) is 0 Å². The van der Waals surface area contributed by atoms with Gasteiger partial charge in [-0.05, 0) is 72.3 Å². The van der Waals surface area contributed by atoms with Crippen molar-refractivity contribution in [3.05, 3.63) is 0 Å². The van der Waals surface area contributed by atoms with Crippen molar-refractivity contribution in [2.75, 3.05) is 40.8 Å². The number of rotatable bonds is 4. The van der Waals surface area contributed by atoms with Gasteiger partial charge < -0.3 is 15.1 Å². The molecule has 4 nitrogen and oxygen atoms in total.